The van der Waals surface area contributed by atoms with Crippen molar-refractivity contribution in [2.24, 2.45) is 0 Å². The van der Waals surface area contributed by atoms with E-state index in [0.29, 0.717) is 22.7 Å². The van der Waals surface area contributed by atoms with E-state index < -0.39 is 28.5 Å². The van der Waals surface area contributed by atoms with Crippen molar-refractivity contribution in [3.8, 4) is 0 Å². The Labute approximate surface area is 279 Å². The number of anilines is 1. The van der Waals surface area contributed by atoms with Crippen LogP contribution in [-0.4, -0.2) is 43.8 Å². The summed E-state index contributed by atoms with van der Waals surface area (Å²) in [5, 5.41) is 3.53. The van der Waals surface area contributed by atoms with E-state index in [4.69, 9.17) is 11.6 Å². The molecular formula is C35H37BrClN3O4S. The van der Waals surface area contributed by atoms with E-state index in [-0.39, 0.29) is 29.8 Å². The van der Waals surface area contributed by atoms with E-state index in [2.05, 4.69) is 21.2 Å². The van der Waals surface area contributed by atoms with Crippen molar-refractivity contribution >= 4 is 55.1 Å². The van der Waals surface area contributed by atoms with E-state index in [1.165, 1.54) is 17.0 Å². The van der Waals surface area contributed by atoms with Crippen molar-refractivity contribution in [1.29, 1.82) is 0 Å². The average Bonchev–Trinajstić information content (AvgIpc) is 3.02. The first-order valence-corrected chi connectivity index (χ1v) is 17.3. The second kappa shape index (κ2) is 15.6. The maximum absolute atomic E-state index is 14.5. The molecule has 0 fully saturated rings. The van der Waals surface area contributed by atoms with Gasteiger partial charge in [-0.3, -0.25) is 13.9 Å². The molecule has 0 aliphatic carbocycles. The number of benzene rings is 4. The van der Waals surface area contributed by atoms with Crippen molar-refractivity contribution in [3.63, 3.8) is 0 Å². The van der Waals surface area contributed by atoms with E-state index >= 15 is 0 Å². The Morgan fingerprint density at radius 1 is 0.889 bits per heavy atom. The van der Waals surface area contributed by atoms with Crippen LogP contribution in [-0.2, 0) is 32.6 Å². The standard InChI is InChI=1S/C35H37BrClN3O4S/c1-4-26(3)38-35(42)33(22-27-9-6-5-7-10-27)39(23-28-11-8-12-30(37)21-28)34(41)24-40(31-17-15-29(36)16-18-31)45(43,44)32-19-13-25(2)14-20-32/h5-21,26,33H,4,22-24H2,1-3H3,(H,38,42)/t26-,33-/m1/s1. The molecule has 0 saturated carbocycles. The number of sulfonamides is 1. The predicted octanol–water partition coefficient (Wildman–Crippen LogP) is 7.16. The molecule has 0 radical (unpaired) electrons. The lowest BCUT2D eigenvalue weighted by Gasteiger charge is -2.34. The van der Waals surface area contributed by atoms with Crippen LogP contribution in [0.3, 0.4) is 0 Å². The van der Waals surface area contributed by atoms with E-state index in [1.807, 2.05) is 57.2 Å². The zero-order valence-electron chi connectivity index (χ0n) is 25.5. The van der Waals surface area contributed by atoms with Crippen LogP contribution in [0.25, 0.3) is 0 Å². The summed E-state index contributed by atoms with van der Waals surface area (Å²) in [6.45, 7) is 5.27. The van der Waals surface area contributed by atoms with E-state index in [9.17, 15) is 18.0 Å². The molecule has 45 heavy (non-hydrogen) atoms. The summed E-state index contributed by atoms with van der Waals surface area (Å²) >= 11 is 9.72. The molecular weight excluding hydrogens is 674 g/mol. The van der Waals surface area contributed by atoms with Gasteiger partial charge in [-0.05, 0) is 79.9 Å². The number of nitrogens with zero attached hydrogens (tertiary/aromatic N) is 2. The molecule has 0 aliphatic heterocycles. The van der Waals surface area contributed by atoms with Crippen LogP contribution in [0.15, 0.2) is 112 Å². The zero-order valence-corrected chi connectivity index (χ0v) is 28.6. The van der Waals surface area contributed by atoms with Gasteiger partial charge in [-0.2, -0.15) is 0 Å². The Morgan fingerprint density at radius 2 is 1.53 bits per heavy atom. The van der Waals surface area contributed by atoms with Crippen molar-refractivity contribution in [1.82, 2.24) is 10.2 Å². The summed E-state index contributed by atoms with van der Waals surface area (Å²) in [6, 6.07) is 28.7. The van der Waals surface area contributed by atoms with Gasteiger partial charge in [-0.25, -0.2) is 8.42 Å². The maximum atomic E-state index is 14.5. The summed E-state index contributed by atoms with van der Waals surface area (Å²) in [5.41, 5.74) is 2.80. The highest BCUT2D eigenvalue weighted by Gasteiger charge is 2.35. The topological polar surface area (TPSA) is 86.8 Å². The van der Waals surface area contributed by atoms with Crippen LogP contribution in [0, 0.1) is 6.92 Å². The number of hydrogen-bond acceptors (Lipinski definition) is 4. The SMILES string of the molecule is CC[C@@H](C)NC(=O)[C@@H](Cc1ccccc1)N(Cc1cccc(Cl)c1)C(=O)CN(c1ccc(Br)cc1)S(=O)(=O)c1ccc(C)cc1. The van der Waals surface area contributed by atoms with Gasteiger partial charge in [-0.1, -0.05) is 94.6 Å². The van der Waals surface area contributed by atoms with Crippen LogP contribution < -0.4 is 9.62 Å². The maximum Gasteiger partial charge on any atom is 0.264 e. The Kier molecular flexibility index (Phi) is 11.8. The first kappa shape index (κ1) is 34.2. The fourth-order valence-corrected chi connectivity index (χ4v) is 6.69. The molecule has 0 aliphatic rings. The van der Waals surface area contributed by atoms with Crippen LogP contribution in [0.1, 0.15) is 37.0 Å². The lowest BCUT2D eigenvalue weighted by molar-refractivity contribution is -0.140. The number of halogens is 2. The number of hydrogen-bond donors (Lipinski definition) is 1. The molecule has 4 rings (SSSR count). The summed E-state index contributed by atoms with van der Waals surface area (Å²) in [5.74, 6) is -0.853. The second-order valence-corrected chi connectivity index (χ2v) is 14.2. The van der Waals surface area contributed by atoms with Crippen LogP contribution in [0.2, 0.25) is 5.02 Å². The normalized spacial score (nSPS) is 12.6. The van der Waals surface area contributed by atoms with E-state index in [1.54, 1.807) is 54.6 Å². The lowest BCUT2D eigenvalue weighted by atomic mass is 10.0. The highest BCUT2D eigenvalue weighted by Crippen LogP contribution is 2.27. The molecule has 0 saturated heterocycles. The third-order valence-corrected chi connectivity index (χ3v) is 10.1. The largest absolute Gasteiger partial charge is 0.352 e. The highest BCUT2D eigenvalue weighted by molar-refractivity contribution is 9.10. The van der Waals surface area contributed by atoms with Crippen molar-refractivity contribution < 1.29 is 18.0 Å². The Hall–Kier alpha value is -3.66. The molecule has 1 N–H and O–H groups in total. The van der Waals surface area contributed by atoms with Crippen LogP contribution >= 0.6 is 27.5 Å². The third-order valence-electron chi connectivity index (χ3n) is 7.52. The van der Waals surface area contributed by atoms with Gasteiger partial charge >= 0.3 is 0 Å². The van der Waals surface area contributed by atoms with Gasteiger partial charge in [0.15, 0.2) is 0 Å². The number of nitrogens with one attached hydrogen (secondary N) is 1. The molecule has 0 spiro atoms. The lowest BCUT2D eigenvalue weighted by Crippen LogP contribution is -2.54. The number of rotatable bonds is 13. The monoisotopic (exact) mass is 709 g/mol. The third kappa shape index (κ3) is 9.19. The van der Waals surface area contributed by atoms with Gasteiger partial charge in [0, 0.05) is 28.5 Å². The van der Waals surface area contributed by atoms with E-state index in [0.717, 1.165) is 19.9 Å². The van der Waals surface area contributed by atoms with Gasteiger partial charge in [0.05, 0.1) is 10.6 Å². The molecule has 236 valence electrons. The summed E-state index contributed by atoms with van der Waals surface area (Å²) in [6.07, 6.45) is 0.941. The highest BCUT2D eigenvalue weighted by atomic mass is 79.9. The number of carbonyl (C=O) groups excluding carboxylic acids is 2. The van der Waals surface area contributed by atoms with Crippen molar-refractivity contribution in [2.45, 2.75) is 57.1 Å². The van der Waals surface area contributed by atoms with Gasteiger partial charge in [-0.15, -0.1) is 0 Å². The smallest absolute Gasteiger partial charge is 0.264 e. The Bertz CT molecular complexity index is 1700. The fourth-order valence-electron chi connectivity index (χ4n) is 4.80. The first-order valence-electron chi connectivity index (χ1n) is 14.7. The molecule has 2 atom stereocenters. The van der Waals surface area contributed by atoms with Gasteiger partial charge in [0.25, 0.3) is 10.0 Å². The molecule has 7 nitrogen and oxygen atoms in total. The molecule has 0 heterocycles. The Balaban J connectivity index is 1.80. The number of aryl methyl sites for hydroxylation is 1. The summed E-state index contributed by atoms with van der Waals surface area (Å²) < 4.78 is 30.1. The summed E-state index contributed by atoms with van der Waals surface area (Å²) in [7, 11) is -4.17. The number of amides is 2. The summed E-state index contributed by atoms with van der Waals surface area (Å²) in [4.78, 5) is 29.9. The van der Waals surface area contributed by atoms with Crippen LogP contribution in [0.5, 0.6) is 0 Å². The molecule has 0 unspecified atom stereocenters. The zero-order chi connectivity index (χ0) is 32.6. The van der Waals surface area contributed by atoms with Crippen LogP contribution in [0.4, 0.5) is 5.69 Å². The van der Waals surface area contributed by atoms with Crippen molar-refractivity contribution in [3.05, 3.63) is 129 Å². The minimum Gasteiger partial charge on any atom is -0.352 e. The van der Waals surface area contributed by atoms with Crippen molar-refractivity contribution in [2.75, 3.05) is 10.8 Å². The first-order chi connectivity index (χ1) is 21.5. The number of carbonyl (C=O) groups is 2. The predicted molar refractivity (Wildman–Crippen MR) is 184 cm³/mol. The molecule has 4 aromatic rings. The molecule has 4 aromatic carbocycles. The quantitative estimate of drug-likeness (QED) is 0.160. The fraction of sp³-hybridized carbons (Fsp3) is 0.257. The molecule has 2 amide bonds. The average molecular weight is 711 g/mol. The molecule has 0 bridgehead atoms. The minimum atomic E-state index is -4.17. The van der Waals surface area contributed by atoms with Gasteiger partial charge in [0.1, 0.15) is 12.6 Å². The minimum absolute atomic E-state index is 0.0452. The molecule has 10 heteroatoms. The van der Waals surface area contributed by atoms with Gasteiger partial charge in [0.2, 0.25) is 11.8 Å². The Morgan fingerprint density at radius 3 is 2.16 bits per heavy atom. The molecule has 0 aromatic heterocycles. The van der Waals surface area contributed by atoms with Gasteiger partial charge < -0.3 is 10.2 Å². The second-order valence-electron chi connectivity index (χ2n) is 11.0.